The Morgan fingerprint density at radius 2 is 1.81 bits per heavy atom. The summed E-state index contributed by atoms with van der Waals surface area (Å²) in [5, 5.41) is 2.87. The Balaban J connectivity index is 1.50. The molecule has 1 amide bonds. The van der Waals surface area contributed by atoms with Crippen LogP contribution in [-0.4, -0.2) is 28.0 Å². The van der Waals surface area contributed by atoms with Crippen LogP contribution in [0.15, 0.2) is 71.6 Å². The molecule has 3 aromatic carbocycles. The molecule has 3 aromatic rings. The summed E-state index contributed by atoms with van der Waals surface area (Å²) in [6.45, 7) is 2.09. The summed E-state index contributed by atoms with van der Waals surface area (Å²) in [5.74, 6) is 0.857. The number of methoxy groups -OCH3 is 1. The molecule has 2 N–H and O–H groups in total. The number of anilines is 2. The molecule has 4 rings (SSSR count). The van der Waals surface area contributed by atoms with Gasteiger partial charge in [-0.1, -0.05) is 24.3 Å². The average Bonchev–Trinajstić information content (AvgIpc) is 2.80. The smallest absolute Gasteiger partial charge is 0.261 e. The van der Waals surface area contributed by atoms with E-state index in [4.69, 9.17) is 9.47 Å². The second kappa shape index (κ2) is 8.92. The van der Waals surface area contributed by atoms with Gasteiger partial charge >= 0.3 is 0 Å². The number of fused-ring (bicyclic) bond motifs is 1. The monoisotopic (exact) mass is 452 g/mol. The first-order valence-corrected chi connectivity index (χ1v) is 11.6. The quantitative estimate of drug-likeness (QED) is 0.590. The van der Waals surface area contributed by atoms with Crippen molar-refractivity contribution in [2.75, 3.05) is 23.8 Å². The van der Waals surface area contributed by atoms with Gasteiger partial charge in [0.25, 0.3) is 10.0 Å². The second-order valence-electron chi connectivity index (χ2n) is 7.62. The second-order valence-corrected chi connectivity index (χ2v) is 9.30. The van der Waals surface area contributed by atoms with E-state index in [9.17, 15) is 13.2 Å². The van der Waals surface area contributed by atoms with Crippen LogP contribution in [0.5, 0.6) is 11.5 Å². The molecule has 0 aromatic heterocycles. The fourth-order valence-corrected chi connectivity index (χ4v) is 4.59. The third kappa shape index (κ3) is 4.70. The number of nitrogens with one attached hydrogen (secondary N) is 2. The molecule has 0 saturated heterocycles. The number of hydrogen-bond donors (Lipinski definition) is 2. The van der Waals surface area contributed by atoms with E-state index in [0.29, 0.717) is 23.5 Å². The van der Waals surface area contributed by atoms with Crippen LogP contribution in [0, 0.1) is 12.8 Å². The molecule has 1 aliphatic rings. The van der Waals surface area contributed by atoms with Crippen molar-refractivity contribution in [2.24, 2.45) is 5.92 Å². The topological polar surface area (TPSA) is 93.7 Å². The summed E-state index contributed by atoms with van der Waals surface area (Å²) in [6.07, 6.45) is 0.568. The molecule has 0 spiro atoms. The van der Waals surface area contributed by atoms with Crippen molar-refractivity contribution in [1.82, 2.24) is 0 Å². The van der Waals surface area contributed by atoms with Crippen LogP contribution in [0.4, 0.5) is 11.4 Å². The Morgan fingerprint density at radius 1 is 1.06 bits per heavy atom. The van der Waals surface area contributed by atoms with Crippen LogP contribution >= 0.6 is 0 Å². The van der Waals surface area contributed by atoms with Crippen LogP contribution in [0.25, 0.3) is 0 Å². The lowest BCUT2D eigenvalue weighted by atomic mass is 9.96. The van der Waals surface area contributed by atoms with Crippen LogP contribution in [0.1, 0.15) is 11.1 Å². The Kier molecular flexibility index (Phi) is 6.05. The highest BCUT2D eigenvalue weighted by atomic mass is 32.2. The van der Waals surface area contributed by atoms with E-state index < -0.39 is 10.0 Å². The summed E-state index contributed by atoms with van der Waals surface area (Å²) in [4.78, 5) is 12.9. The zero-order chi connectivity index (χ0) is 22.7. The molecule has 7 nitrogen and oxygen atoms in total. The first kappa shape index (κ1) is 21.7. The number of rotatable bonds is 6. The number of carbonyl (C=O) groups excluding carboxylic acids is 1. The number of para-hydroxylation sites is 1. The number of hydrogen-bond acceptors (Lipinski definition) is 5. The molecule has 1 heterocycles. The number of sulfonamides is 1. The van der Waals surface area contributed by atoms with Gasteiger partial charge in [-0.2, -0.15) is 0 Å². The Morgan fingerprint density at radius 3 is 2.56 bits per heavy atom. The number of aryl methyl sites for hydroxylation is 1. The lowest BCUT2D eigenvalue weighted by molar-refractivity contribution is -0.121. The van der Waals surface area contributed by atoms with E-state index in [-0.39, 0.29) is 23.3 Å². The average molecular weight is 453 g/mol. The number of amides is 1. The van der Waals surface area contributed by atoms with Crippen molar-refractivity contribution in [1.29, 1.82) is 0 Å². The molecule has 0 radical (unpaired) electrons. The van der Waals surface area contributed by atoms with Gasteiger partial charge in [0.15, 0.2) is 0 Å². The van der Waals surface area contributed by atoms with Gasteiger partial charge in [0.2, 0.25) is 5.91 Å². The first-order chi connectivity index (χ1) is 15.4. The van der Waals surface area contributed by atoms with Crippen molar-refractivity contribution >= 4 is 27.3 Å². The molecule has 1 aliphatic heterocycles. The highest BCUT2D eigenvalue weighted by molar-refractivity contribution is 7.92. The zero-order valence-corrected chi connectivity index (χ0v) is 18.6. The Labute approximate surface area is 187 Å². The molecule has 0 bridgehead atoms. The zero-order valence-electron chi connectivity index (χ0n) is 17.8. The van der Waals surface area contributed by atoms with Gasteiger partial charge < -0.3 is 14.8 Å². The van der Waals surface area contributed by atoms with E-state index >= 15 is 0 Å². The van der Waals surface area contributed by atoms with Crippen molar-refractivity contribution in [3.63, 3.8) is 0 Å². The molecule has 0 aliphatic carbocycles. The van der Waals surface area contributed by atoms with Gasteiger partial charge in [-0.25, -0.2) is 8.42 Å². The van der Waals surface area contributed by atoms with Crippen molar-refractivity contribution in [3.8, 4) is 11.5 Å². The van der Waals surface area contributed by atoms with Gasteiger partial charge in [0.05, 0.1) is 17.9 Å². The van der Waals surface area contributed by atoms with E-state index in [1.54, 1.807) is 37.4 Å². The largest absolute Gasteiger partial charge is 0.497 e. The highest BCUT2D eigenvalue weighted by Gasteiger charge is 2.26. The van der Waals surface area contributed by atoms with Crippen molar-refractivity contribution in [2.45, 2.75) is 18.2 Å². The van der Waals surface area contributed by atoms with E-state index in [2.05, 4.69) is 10.0 Å². The standard InChI is InChI=1S/C24H24N2O5S/c1-16-7-12-21(32(28,29)26-19-8-10-20(30-2)11-9-19)14-22(16)25-24(27)18-13-17-5-3-4-6-23(17)31-15-18/h3-12,14,18,26H,13,15H2,1-2H3,(H,25,27)/t18-/m0/s1. The molecular formula is C24H24N2O5S. The van der Waals surface area contributed by atoms with Gasteiger partial charge in [0.1, 0.15) is 18.1 Å². The summed E-state index contributed by atoms with van der Waals surface area (Å²) in [6, 6.07) is 18.9. The molecule has 32 heavy (non-hydrogen) atoms. The number of carbonyl (C=O) groups is 1. The first-order valence-electron chi connectivity index (χ1n) is 10.1. The van der Waals surface area contributed by atoms with E-state index in [1.165, 1.54) is 12.1 Å². The predicted molar refractivity (Wildman–Crippen MR) is 123 cm³/mol. The van der Waals surface area contributed by atoms with Crippen molar-refractivity contribution < 1.29 is 22.7 Å². The molecule has 1 atom stereocenters. The highest BCUT2D eigenvalue weighted by Crippen LogP contribution is 2.29. The molecular weight excluding hydrogens is 428 g/mol. The van der Waals surface area contributed by atoms with Crippen molar-refractivity contribution in [3.05, 3.63) is 77.9 Å². The third-order valence-electron chi connectivity index (χ3n) is 5.37. The van der Waals surface area contributed by atoms with Gasteiger partial charge in [-0.15, -0.1) is 0 Å². The normalized spacial score (nSPS) is 15.2. The minimum atomic E-state index is -3.84. The lowest BCUT2D eigenvalue weighted by Crippen LogP contribution is -2.32. The minimum absolute atomic E-state index is 0.0551. The maximum atomic E-state index is 12.9. The fraction of sp³-hybridized carbons (Fsp3) is 0.208. The number of ether oxygens (including phenoxy) is 2. The van der Waals surface area contributed by atoms with E-state index in [0.717, 1.165) is 16.9 Å². The van der Waals surface area contributed by atoms with Crippen LogP contribution in [-0.2, 0) is 21.2 Å². The summed E-state index contributed by atoms with van der Waals surface area (Å²) >= 11 is 0. The van der Waals surface area contributed by atoms with Crippen LogP contribution < -0.4 is 19.5 Å². The summed E-state index contributed by atoms with van der Waals surface area (Å²) < 4.78 is 39.1. The SMILES string of the molecule is COc1ccc(NS(=O)(=O)c2ccc(C)c(NC(=O)[C@@H]3COc4ccccc4C3)c2)cc1. The molecule has 8 heteroatoms. The summed E-state index contributed by atoms with van der Waals surface area (Å²) in [5.41, 5.74) is 2.61. The molecule has 166 valence electrons. The van der Waals surface area contributed by atoms with E-state index in [1.807, 2.05) is 31.2 Å². The van der Waals surface area contributed by atoms with Crippen LogP contribution in [0.3, 0.4) is 0 Å². The lowest BCUT2D eigenvalue weighted by Gasteiger charge is -2.25. The summed E-state index contributed by atoms with van der Waals surface area (Å²) in [7, 11) is -2.30. The maximum absolute atomic E-state index is 12.9. The molecule has 0 fully saturated rings. The number of benzene rings is 3. The van der Waals surface area contributed by atoms with Crippen LogP contribution in [0.2, 0.25) is 0 Å². The third-order valence-corrected chi connectivity index (χ3v) is 6.75. The van der Waals surface area contributed by atoms with Gasteiger partial charge in [-0.05, 0) is 66.9 Å². The van der Waals surface area contributed by atoms with Gasteiger partial charge in [0, 0.05) is 11.4 Å². The molecule has 0 unspecified atom stereocenters. The minimum Gasteiger partial charge on any atom is -0.497 e. The maximum Gasteiger partial charge on any atom is 0.261 e. The Hall–Kier alpha value is -3.52. The fourth-order valence-electron chi connectivity index (χ4n) is 3.51. The van der Waals surface area contributed by atoms with Gasteiger partial charge in [-0.3, -0.25) is 9.52 Å². The Bertz CT molecular complexity index is 1240. The molecule has 0 saturated carbocycles. The predicted octanol–water partition coefficient (Wildman–Crippen LogP) is 3.99.